The number of amides is 1. The third-order valence-electron chi connectivity index (χ3n) is 3.75. The van der Waals surface area contributed by atoms with E-state index in [4.69, 9.17) is 0 Å². The van der Waals surface area contributed by atoms with Crippen LogP contribution in [0.25, 0.3) is 0 Å². The molecule has 0 radical (unpaired) electrons. The van der Waals surface area contributed by atoms with Crippen molar-refractivity contribution in [3.63, 3.8) is 0 Å². The molecule has 1 unspecified atom stereocenters. The Morgan fingerprint density at radius 1 is 1.20 bits per heavy atom. The maximum Gasteiger partial charge on any atom is 0.251 e. The molecule has 2 aromatic carbocycles. The lowest BCUT2D eigenvalue weighted by molar-refractivity contribution is 0.0939. The number of nitrogens with one attached hydrogen (secondary N) is 2. The molecule has 132 valence electrons. The van der Waals surface area contributed by atoms with Crippen molar-refractivity contribution in [3.05, 3.63) is 77.9 Å². The fraction of sp³-hybridized carbons (Fsp3) is 0.211. The van der Waals surface area contributed by atoms with E-state index in [1.54, 1.807) is 12.1 Å². The smallest absolute Gasteiger partial charge is 0.251 e. The minimum atomic E-state index is -3.67. The zero-order valence-electron chi connectivity index (χ0n) is 14.3. The van der Waals surface area contributed by atoms with Crippen molar-refractivity contribution in [1.82, 2.24) is 10.0 Å². The number of rotatable bonds is 7. The quantitative estimate of drug-likeness (QED) is 0.747. The van der Waals surface area contributed by atoms with Crippen molar-refractivity contribution in [2.75, 3.05) is 6.54 Å². The highest BCUT2D eigenvalue weighted by Gasteiger charge is 2.16. The lowest BCUT2D eigenvalue weighted by Crippen LogP contribution is -2.27. The van der Waals surface area contributed by atoms with Crippen molar-refractivity contribution in [3.8, 4) is 0 Å². The fourth-order valence-corrected chi connectivity index (χ4v) is 3.32. The summed E-state index contributed by atoms with van der Waals surface area (Å²) in [4.78, 5) is 12.5. The molecule has 0 bridgehead atoms. The highest BCUT2D eigenvalue weighted by atomic mass is 32.2. The monoisotopic (exact) mass is 358 g/mol. The molecule has 6 heteroatoms. The lowest BCUT2D eigenvalue weighted by Gasteiger charge is -2.15. The molecule has 2 rings (SSSR count). The second-order valence-electron chi connectivity index (χ2n) is 5.77. The SMILES string of the molecule is C=CCNS(=O)(=O)c1cccc(C(=O)NC(C)c2ccc(C)cc2)c1. The topological polar surface area (TPSA) is 75.3 Å². The van der Waals surface area contributed by atoms with Gasteiger partial charge in [-0.15, -0.1) is 6.58 Å². The Morgan fingerprint density at radius 2 is 1.88 bits per heavy atom. The van der Waals surface area contributed by atoms with Crippen LogP contribution in [-0.4, -0.2) is 20.9 Å². The van der Waals surface area contributed by atoms with E-state index in [9.17, 15) is 13.2 Å². The molecule has 0 aromatic heterocycles. The van der Waals surface area contributed by atoms with E-state index >= 15 is 0 Å². The Bertz CT molecular complexity index is 858. The van der Waals surface area contributed by atoms with Crippen LogP contribution < -0.4 is 10.0 Å². The van der Waals surface area contributed by atoms with E-state index in [1.807, 2.05) is 38.1 Å². The van der Waals surface area contributed by atoms with Gasteiger partial charge >= 0.3 is 0 Å². The van der Waals surface area contributed by atoms with Gasteiger partial charge in [0.05, 0.1) is 10.9 Å². The molecule has 0 aliphatic carbocycles. The lowest BCUT2D eigenvalue weighted by atomic mass is 10.1. The van der Waals surface area contributed by atoms with Crippen LogP contribution in [0.2, 0.25) is 0 Å². The van der Waals surface area contributed by atoms with Crippen molar-refractivity contribution in [2.24, 2.45) is 0 Å². The molecule has 0 aliphatic rings. The molecule has 0 spiro atoms. The Labute approximate surface area is 148 Å². The summed E-state index contributed by atoms with van der Waals surface area (Å²) in [6.07, 6.45) is 1.46. The maximum atomic E-state index is 12.4. The van der Waals surface area contributed by atoms with Gasteiger partial charge in [-0.25, -0.2) is 13.1 Å². The van der Waals surface area contributed by atoms with Gasteiger partial charge in [-0.3, -0.25) is 4.79 Å². The standard InChI is InChI=1S/C19H22N2O3S/c1-4-12-20-25(23,24)18-7-5-6-17(13-18)19(22)21-15(3)16-10-8-14(2)9-11-16/h4-11,13,15,20H,1,12H2,2-3H3,(H,21,22). The number of benzene rings is 2. The van der Waals surface area contributed by atoms with E-state index in [-0.39, 0.29) is 23.4 Å². The first kappa shape index (κ1) is 18.9. The minimum Gasteiger partial charge on any atom is -0.346 e. The second-order valence-corrected chi connectivity index (χ2v) is 7.54. The molecule has 1 atom stereocenters. The summed E-state index contributed by atoms with van der Waals surface area (Å²) in [5.41, 5.74) is 2.42. The van der Waals surface area contributed by atoms with Gasteiger partial charge in [-0.1, -0.05) is 42.0 Å². The van der Waals surface area contributed by atoms with E-state index in [0.29, 0.717) is 5.56 Å². The van der Waals surface area contributed by atoms with Gasteiger partial charge in [0, 0.05) is 12.1 Å². The largest absolute Gasteiger partial charge is 0.346 e. The summed E-state index contributed by atoms with van der Waals surface area (Å²) in [5, 5.41) is 2.88. The zero-order chi connectivity index (χ0) is 18.4. The molecule has 0 saturated heterocycles. The molecular weight excluding hydrogens is 336 g/mol. The average molecular weight is 358 g/mol. The first-order chi connectivity index (χ1) is 11.8. The van der Waals surface area contributed by atoms with Crippen molar-refractivity contribution in [1.29, 1.82) is 0 Å². The fourth-order valence-electron chi connectivity index (χ4n) is 2.27. The molecule has 2 aromatic rings. The third kappa shape index (κ3) is 5.01. The van der Waals surface area contributed by atoms with Crippen LogP contribution in [0, 0.1) is 6.92 Å². The average Bonchev–Trinajstić information content (AvgIpc) is 2.60. The summed E-state index contributed by atoms with van der Waals surface area (Å²) in [6, 6.07) is 13.6. The van der Waals surface area contributed by atoms with E-state index in [2.05, 4.69) is 16.6 Å². The molecule has 0 fully saturated rings. The van der Waals surface area contributed by atoms with Gasteiger partial charge in [-0.2, -0.15) is 0 Å². The summed E-state index contributed by atoms with van der Waals surface area (Å²) in [7, 11) is -3.67. The Balaban J connectivity index is 2.15. The summed E-state index contributed by atoms with van der Waals surface area (Å²) < 4.78 is 26.7. The van der Waals surface area contributed by atoms with Crippen LogP contribution >= 0.6 is 0 Å². The number of aryl methyl sites for hydroxylation is 1. The van der Waals surface area contributed by atoms with Crippen LogP contribution in [0.3, 0.4) is 0 Å². The molecule has 0 saturated carbocycles. The van der Waals surface area contributed by atoms with E-state index in [1.165, 1.54) is 18.2 Å². The van der Waals surface area contributed by atoms with Crippen molar-refractivity contribution < 1.29 is 13.2 Å². The van der Waals surface area contributed by atoms with Crippen LogP contribution in [0.4, 0.5) is 0 Å². The van der Waals surface area contributed by atoms with Gasteiger partial charge in [0.25, 0.3) is 5.91 Å². The molecule has 0 aliphatic heterocycles. The summed E-state index contributed by atoms with van der Waals surface area (Å²) in [6.45, 7) is 7.49. The molecule has 0 heterocycles. The summed E-state index contributed by atoms with van der Waals surface area (Å²) in [5.74, 6) is -0.325. The predicted molar refractivity (Wildman–Crippen MR) is 98.9 cm³/mol. The number of hydrogen-bond acceptors (Lipinski definition) is 3. The second kappa shape index (κ2) is 8.09. The molecule has 2 N–H and O–H groups in total. The predicted octanol–water partition coefficient (Wildman–Crippen LogP) is 2.95. The van der Waals surface area contributed by atoms with Gasteiger partial charge < -0.3 is 5.32 Å². The third-order valence-corrected chi connectivity index (χ3v) is 5.17. The highest BCUT2D eigenvalue weighted by molar-refractivity contribution is 7.89. The molecule has 1 amide bonds. The normalized spacial score (nSPS) is 12.4. The van der Waals surface area contributed by atoms with Gasteiger partial charge in [0.2, 0.25) is 10.0 Å². The molecule has 25 heavy (non-hydrogen) atoms. The zero-order valence-corrected chi connectivity index (χ0v) is 15.1. The van der Waals surface area contributed by atoms with Crippen LogP contribution in [-0.2, 0) is 10.0 Å². The van der Waals surface area contributed by atoms with Crippen LogP contribution in [0.15, 0.2) is 66.1 Å². The maximum absolute atomic E-state index is 12.4. The van der Waals surface area contributed by atoms with E-state index in [0.717, 1.165) is 11.1 Å². The number of carbonyl (C=O) groups is 1. The molecule has 5 nitrogen and oxygen atoms in total. The minimum absolute atomic E-state index is 0.0463. The molecular formula is C19H22N2O3S. The van der Waals surface area contributed by atoms with Gasteiger partial charge in [-0.05, 0) is 37.6 Å². The van der Waals surface area contributed by atoms with Gasteiger partial charge in [0.15, 0.2) is 0 Å². The Kier molecular flexibility index (Phi) is 6.12. The highest BCUT2D eigenvalue weighted by Crippen LogP contribution is 2.16. The Hall–Kier alpha value is -2.44. The van der Waals surface area contributed by atoms with Crippen LogP contribution in [0.5, 0.6) is 0 Å². The van der Waals surface area contributed by atoms with E-state index < -0.39 is 10.0 Å². The van der Waals surface area contributed by atoms with Crippen LogP contribution in [0.1, 0.15) is 34.5 Å². The first-order valence-corrected chi connectivity index (χ1v) is 9.40. The van der Waals surface area contributed by atoms with Crippen molar-refractivity contribution in [2.45, 2.75) is 24.8 Å². The number of hydrogen-bond donors (Lipinski definition) is 2. The van der Waals surface area contributed by atoms with Crippen molar-refractivity contribution >= 4 is 15.9 Å². The van der Waals surface area contributed by atoms with Gasteiger partial charge in [0.1, 0.15) is 0 Å². The number of carbonyl (C=O) groups excluding carboxylic acids is 1. The Morgan fingerprint density at radius 3 is 2.52 bits per heavy atom. The summed E-state index contributed by atoms with van der Waals surface area (Å²) >= 11 is 0. The first-order valence-electron chi connectivity index (χ1n) is 7.91. The number of sulfonamides is 1.